The summed E-state index contributed by atoms with van der Waals surface area (Å²) in [7, 11) is 0. The average Bonchev–Trinajstić information content (AvgIpc) is 3.77. The van der Waals surface area contributed by atoms with Gasteiger partial charge in [0.1, 0.15) is 5.82 Å². The van der Waals surface area contributed by atoms with Crippen molar-refractivity contribution in [2.45, 2.75) is 144 Å². The first kappa shape index (κ1) is 47.1. The molecule has 0 bridgehead atoms. The van der Waals surface area contributed by atoms with Crippen LogP contribution in [0.5, 0.6) is 11.5 Å². The first-order chi connectivity index (χ1) is 29.5. The van der Waals surface area contributed by atoms with Gasteiger partial charge in [0.25, 0.3) is 0 Å². The molecule has 0 saturated heterocycles. The Morgan fingerprint density at radius 3 is 1.83 bits per heavy atom. The van der Waals surface area contributed by atoms with E-state index in [1.165, 1.54) is 22.3 Å². The molecule has 0 radical (unpaired) electrons. The number of hydrogen-bond acceptors (Lipinski definition) is 4. The molecule has 7 aromatic rings. The number of aromatic nitrogens is 2. The SMILES string of the molecule is CCC(C)(CC)c1cccc(N2[CH-]N(c3[c-]c(Oc4[c-]c5c(cc4)c4ccc(C(C)(C)C)cc4n5-c4cc(C(C)(C)C)ccn4)cc(C(C)(C)C)c3)c3ccc(C(C)(C)C)cc32)c1.[Pt]. The largest absolute Gasteiger partial charge is 0.509 e. The molecular formula is C58H67N4OPt-3. The first-order valence-corrected chi connectivity index (χ1v) is 22.9. The molecule has 0 atom stereocenters. The molecule has 6 heteroatoms. The Morgan fingerprint density at radius 1 is 0.547 bits per heavy atom. The van der Waals surface area contributed by atoms with E-state index in [1.54, 1.807) is 0 Å². The molecule has 0 unspecified atom stereocenters. The number of hydrogen-bond donors (Lipinski definition) is 0. The smallest absolute Gasteiger partial charge is 0.135 e. The standard InChI is InChI=1S/C58H67N4O.Pt/c1-16-58(15,17-2)41-19-18-20-43(29-41)60-37-61(49-26-22-39(33-52(49)60)55(6,7)8)44-30-42(57(12,13)14)31-46(35-44)63-45-23-25-48-47-24-21-38(54(3,4)5)32-50(47)62(51(48)36-45)53-34-40(27-28-59-53)56(9,10)11;/h18-34,37H,16-17H2,1-15H3;/q-3;. The van der Waals surface area contributed by atoms with E-state index in [2.05, 4.69) is 228 Å². The van der Waals surface area contributed by atoms with E-state index in [9.17, 15) is 0 Å². The van der Waals surface area contributed by atoms with Gasteiger partial charge in [-0.05, 0) is 110 Å². The zero-order chi connectivity index (χ0) is 45.4. The van der Waals surface area contributed by atoms with Gasteiger partial charge >= 0.3 is 0 Å². The fourth-order valence-corrected chi connectivity index (χ4v) is 8.67. The molecular weight excluding hydrogens is 964 g/mol. The second-order valence-corrected chi connectivity index (χ2v) is 22.2. The van der Waals surface area contributed by atoms with Crippen LogP contribution in [0.1, 0.15) is 145 Å². The minimum Gasteiger partial charge on any atom is -0.509 e. The molecule has 1 aliphatic rings. The van der Waals surface area contributed by atoms with Crippen LogP contribution in [-0.4, -0.2) is 9.55 Å². The van der Waals surface area contributed by atoms with E-state index in [0.29, 0.717) is 11.5 Å². The van der Waals surface area contributed by atoms with Gasteiger partial charge in [-0.3, -0.25) is 0 Å². The predicted molar refractivity (Wildman–Crippen MR) is 267 cm³/mol. The van der Waals surface area contributed by atoms with Gasteiger partial charge in [-0.15, -0.1) is 53.6 Å². The van der Waals surface area contributed by atoms with Crippen molar-refractivity contribution < 1.29 is 25.8 Å². The van der Waals surface area contributed by atoms with Crippen molar-refractivity contribution in [1.82, 2.24) is 9.55 Å². The van der Waals surface area contributed by atoms with Gasteiger partial charge in [0, 0.05) is 61.3 Å². The second-order valence-electron chi connectivity index (χ2n) is 22.2. The summed E-state index contributed by atoms with van der Waals surface area (Å²) in [6, 6.07) is 43.3. The van der Waals surface area contributed by atoms with E-state index in [-0.39, 0.29) is 48.1 Å². The molecule has 0 fully saturated rings. The van der Waals surface area contributed by atoms with Crippen LogP contribution in [0, 0.1) is 18.8 Å². The zero-order valence-corrected chi connectivity index (χ0v) is 43.1. The van der Waals surface area contributed by atoms with Crippen molar-refractivity contribution >= 4 is 44.6 Å². The monoisotopic (exact) mass is 1030 g/mol. The van der Waals surface area contributed by atoms with Crippen LogP contribution in [0.3, 0.4) is 0 Å². The van der Waals surface area contributed by atoms with Crippen LogP contribution in [0.15, 0.2) is 103 Å². The van der Waals surface area contributed by atoms with Crippen molar-refractivity contribution in [3.05, 3.63) is 150 Å². The minimum absolute atomic E-state index is 0. The Morgan fingerprint density at radius 2 is 1.17 bits per heavy atom. The summed E-state index contributed by atoms with van der Waals surface area (Å²) >= 11 is 0. The number of ether oxygens (including phenoxy) is 1. The normalized spacial score (nSPS) is 13.7. The average molecular weight is 1030 g/mol. The van der Waals surface area contributed by atoms with E-state index in [0.717, 1.165) is 68.8 Å². The molecule has 5 aromatic carbocycles. The summed E-state index contributed by atoms with van der Waals surface area (Å²) in [6.07, 6.45) is 4.09. The van der Waals surface area contributed by atoms with Crippen LogP contribution in [0.4, 0.5) is 22.7 Å². The number of benzene rings is 5. The maximum atomic E-state index is 6.91. The van der Waals surface area contributed by atoms with Crippen LogP contribution in [0.25, 0.3) is 27.6 Å². The van der Waals surface area contributed by atoms with Gasteiger partial charge in [-0.1, -0.05) is 140 Å². The summed E-state index contributed by atoms with van der Waals surface area (Å²) < 4.78 is 9.17. The fourth-order valence-electron chi connectivity index (χ4n) is 8.67. The Labute approximate surface area is 398 Å². The van der Waals surface area contributed by atoms with E-state index >= 15 is 0 Å². The molecule has 0 aliphatic carbocycles. The van der Waals surface area contributed by atoms with Crippen molar-refractivity contribution in [3.63, 3.8) is 0 Å². The van der Waals surface area contributed by atoms with E-state index in [4.69, 9.17) is 9.72 Å². The Kier molecular flexibility index (Phi) is 12.4. The molecule has 0 amide bonds. The fraction of sp³-hybridized carbons (Fsp3) is 0.379. The van der Waals surface area contributed by atoms with Crippen molar-refractivity contribution in [1.29, 1.82) is 0 Å². The molecule has 0 saturated carbocycles. The number of nitrogens with zero attached hydrogens (tertiary/aromatic N) is 4. The van der Waals surface area contributed by atoms with Crippen molar-refractivity contribution in [3.8, 4) is 17.3 Å². The molecule has 8 rings (SSSR count). The third-order valence-electron chi connectivity index (χ3n) is 13.5. The molecule has 1 aliphatic heterocycles. The van der Waals surface area contributed by atoms with Crippen LogP contribution in [-0.2, 0) is 48.1 Å². The quantitative estimate of drug-likeness (QED) is 0.142. The van der Waals surface area contributed by atoms with Gasteiger partial charge < -0.3 is 19.1 Å². The minimum atomic E-state index is -0.159. The van der Waals surface area contributed by atoms with Crippen molar-refractivity contribution in [2.75, 3.05) is 9.80 Å². The van der Waals surface area contributed by atoms with Crippen LogP contribution >= 0.6 is 0 Å². The molecule has 5 nitrogen and oxygen atoms in total. The third kappa shape index (κ3) is 8.91. The van der Waals surface area contributed by atoms with E-state index in [1.807, 2.05) is 12.3 Å². The maximum absolute atomic E-state index is 6.91. The zero-order valence-electron chi connectivity index (χ0n) is 40.8. The number of anilines is 4. The topological polar surface area (TPSA) is 33.5 Å². The van der Waals surface area contributed by atoms with E-state index < -0.39 is 0 Å². The van der Waals surface area contributed by atoms with Crippen LogP contribution < -0.4 is 14.5 Å². The third-order valence-corrected chi connectivity index (χ3v) is 13.5. The Hall–Kier alpha value is -4.86. The molecule has 2 aromatic heterocycles. The van der Waals surface area contributed by atoms with Gasteiger partial charge in [-0.25, -0.2) is 4.98 Å². The van der Waals surface area contributed by atoms with Gasteiger partial charge in [-0.2, -0.15) is 6.07 Å². The van der Waals surface area contributed by atoms with Gasteiger partial charge in [0.05, 0.1) is 0 Å². The predicted octanol–water partition coefficient (Wildman–Crippen LogP) is 16.2. The summed E-state index contributed by atoms with van der Waals surface area (Å²) in [5.74, 6) is 2.13. The summed E-state index contributed by atoms with van der Waals surface area (Å²) in [5, 5.41) is 2.27. The summed E-state index contributed by atoms with van der Waals surface area (Å²) in [6.45, 7) is 36.3. The summed E-state index contributed by atoms with van der Waals surface area (Å²) in [4.78, 5) is 9.60. The maximum Gasteiger partial charge on any atom is 0.135 e. The molecule has 64 heavy (non-hydrogen) atoms. The van der Waals surface area contributed by atoms with Crippen LogP contribution in [0.2, 0.25) is 0 Å². The number of rotatable bonds is 8. The molecule has 3 heterocycles. The molecule has 338 valence electrons. The number of pyridine rings is 1. The van der Waals surface area contributed by atoms with Gasteiger partial charge in [0.2, 0.25) is 0 Å². The molecule has 0 N–H and O–H groups in total. The summed E-state index contributed by atoms with van der Waals surface area (Å²) in [5.41, 5.74) is 12.5. The van der Waals surface area contributed by atoms with Gasteiger partial charge in [0.15, 0.2) is 0 Å². The Balaban J connectivity index is 0.00000612. The Bertz CT molecular complexity index is 2840. The molecule has 0 spiro atoms. The van der Waals surface area contributed by atoms with Crippen molar-refractivity contribution in [2.24, 2.45) is 0 Å². The first-order valence-electron chi connectivity index (χ1n) is 22.9. The number of fused-ring (bicyclic) bond motifs is 4. The second kappa shape index (κ2) is 16.8.